The van der Waals surface area contributed by atoms with E-state index in [1.165, 1.54) is 35.6 Å². The lowest BCUT2D eigenvalue weighted by atomic mass is 9.97. The average molecular weight is 438 g/mol. The number of carbonyl (C=O) groups is 2. The van der Waals surface area contributed by atoms with Crippen molar-refractivity contribution in [3.8, 4) is 5.69 Å². The molecule has 7 heteroatoms. The van der Waals surface area contributed by atoms with Gasteiger partial charge in [0.25, 0.3) is 0 Å². The van der Waals surface area contributed by atoms with Crippen molar-refractivity contribution in [2.75, 3.05) is 0 Å². The van der Waals surface area contributed by atoms with Gasteiger partial charge in [-0.2, -0.15) is 0 Å². The summed E-state index contributed by atoms with van der Waals surface area (Å²) in [6.45, 7) is 7.09. The Morgan fingerprint density at radius 3 is 2.48 bits per heavy atom. The molecule has 4 rings (SSSR count). The molecule has 0 radical (unpaired) electrons. The predicted octanol–water partition coefficient (Wildman–Crippen LogP) is 5.16. The van der Waals surface area contributed by atoms with Crippen LogP contribution in [0, 0.1) is 12.8 Å². The minimum Gasteiger partial charge on any atom is -0.481 e. The van der Waals surface area contributed by atoms with Gasteiger partial charge >= 0.3 is 5.97 Å². The van der Waals surface area contributed by atoms with Crippen LogP contribution in [0.25, 0.3) is 16.5 Å². The molecule has 6 nitrogen and oxygen atoms in total. The third kappa shape index (κ3) is 4.24. The van der Waals surface area contributed by atoms with Gasteiger partial charge in [0, 0.05) is 11.8 Å². The maximum Gasteiger partial charge on any atom is 0.306 e. The number of carboxylic acids is 1. The quantitative estimate of drug-likeness (QED) is 0.490. The van der Waals surface area contributed by atoms with Crippen molar-refractivity contribution in [1.82, 2.24) is 14.8 Å². The number of thioether (sulfide) groups is 1. The number of Topliss-reactive ketones (excluding diaryl/α,β-unsaturated/α-hetero) is 1. The molecule has 1 heterocycles. The Morgan fingerprint density at radius 2 is 1.84 bits per heavy atom. The highest BCUT2D eigenvalue weighted by atomic mass is 32.2. The number of aliphatic carboxylic acids is 1. The van der Waals surface area contributed by atoms with Crippen LogP contribution in [0.3, 0.4) is 0 Å². The van der Waals surface area contributed by atoms with Crippen molar-refractivity contribution in [3.05, 3.63) is 47.8 Å². The monoisotopic (exact) mass is 437 g/mol. The topological polar surface area (TPSA) is 85.1 Å². The van der Waals surface area contributed by atoms with E-state index in [1.54, 1.807) is 6.92 Å². The first kappa shape index (κ1) is 21.6. The van der Waals surface area contributed by atoms with Crippen molar-refractivity contribution >= 4 is 34.3 Å². The summed E-state index contributed by atoms with van der Waals surface area (Å²) in [5.41, 5.74) is 2.38. The molecule has 1 aromatic heterocycles. The number of fused-ring (bicyclic) bond motifs is 1. The van der Waals surface area contributed by atoms with Crippen molar-refractivity contribution in [3.63, 3.8) is 0 Å². The van der Waals surface area contributed by atoms with Crippen LogP contribution in [0.1, 0.15) is 57.3 Å². The zero-order chi connectivity index (χ0) is 22.3. The van der Waals surface area contributed by atoms with E-state index >= 15 is 0 Å². The second-order valence-electron chi connectivity index (χ2n) is 8.84. The van der Waals surface area contributed by atoms with Gasteiger partial charge in [0.2, 0.25) is 0 Å². The fourth-order valence-corrected chi connectivity index (χ4v) is 4.89. The van der Waals surface area contributed by atoms with Crippen LogP contribution < -0.4 is 0 Å². The number of ketones is 1. The number of aryl methyl sites for hydroxylation is 1. The fourth-order valence-electron chi connectivity index (χ4n) is 3.83. The molecule has 0 spiro atoms. The molecule has 31 heavy (non-hydrogen) atoms. The molecule has 0 bridgehead atoms. The lowest BCUT2D eigenvalue weighted by molar-refractivity contribution is -0.143. The summed E-state index contributed by atoms with van der Waals surface area (Å²) in [6, 6.07) is 12.7. The molecule has 1 unspecified atom stereocenters. The lowest BCUT2D eigenvalue weighted by Crippen LogP contribution is -2.31. The minimum atomic E-state index is -0.963. The summed E-state index contributed by atoms with van der Waals surface area (Å²) < 4.78 is 1.17. The van der Waals surface area contributed by atoms with E-state index < -0.39 is 16.6 Å². The summed E-state index contributed by atoms with van der Waals surface area (Å²) >= 11 is 1.33. The second kappa shape index (κ2) is 8.11. The zero-order valence-electron chi connectivity index (χ0n) is 18.3. The summed E-state index contributed by atoms with van der Waals surface area (Å²) in [5, 5.41) is 20.8. The smallest absolute Gasteiger partial charge is 0.306 e. The Morgan fingerprint density at radius 1 is 1.16 bits per heavy atom. The first-order valence-corrected chi connectivity index (χ1v) is 11.4. The van der Waals surface area contributed by atoms with E-state index in [0.29, 0.717) is 11.1 Å². The number of rotatable bonds is 8. The van der Waals surface area contributed by atoms with Gasteiger partial charge in [0.05, 0.1) is 16.4 Å². The summed E-state index contributed by atoms with van der Waals surface area (Å²) in [7, 11) is 0. The maximum atomic E-state index is 12.8. The third-order valence-corrected chi connectivity index (χ3v) is 7.10. The molecule has 1 N–H and O–H groups in total. The van der Waals surface area contributed by atoms with Gasteiger partial charge in [-0.05, 0) is 56.5 Å². The highest BCUT2D eigenvalue weighted by Gasteiger charge is 2.34. The molecule has 2 aromatic carbocycles. The first-order chi connectivity index (χ1) is 14.7. The Bertz CT molecular complexity index is 1160. The Labute approximate surface area is 186 Å². The molecule has 1 fully saturated rings. The lowest BCUT2D eigenvalue weighted by Gasteiger charge is -2.23. The van der Waals surface area contributed by atoms with E-state index in [0.717, 1.165) is 16.9 Å². The van der Waals surface area contributed by atoms with Crippen LogP contribution in [0.4, 0.5) is 0 Å². The molecule has 162 valence electrons. The molecule has 1 aliphatic carbocycles. The van der Waals surface area contributed by atoms with Crippen molar-refractivity contribution in [1.29, 1.82) is 0 Å². The van der Waals surface area contributed by atoms with Crippen LogP contribution in [0.5, 0.6) is 0 Å². The molecule has 0 saturated heterocycles. The fraction of sp³-hybridized carbons (Fsp3) is 0.417. The van der Waals surface area contributed by atoms with Gasteiger partial charge < -0.3 is 5.11 Å². The largest absolute Gasteiger partial charge is 0.481 e. The van der Waals surface area contributed by atoms with Crippen molar-refractivity contribution < 1.29 is 14.7 Å². The van der Waals surface area contributed by atoms with E-state index in [-0.39, 0.29) is 12.2 Å². The Balaban J connectivity index is 1.72. The zero-order valence-corrected chi connectivity index (χ0v) is 19.1. The van der Waals surface area contributed by atoms with E-state index in [4.69, 9.17) is 5.11 Å². The highest BCUT2D eigenvalue weighted by Crippen LogP contribution is 2.44. The molecule has 0 aliphatic heterocycles. The molecule has 0 amide bonds. The number of carboxylic acid groups (broad SMARTS) is 1. The minimum absolute atomic E-state index is 0.0124. The molecular weight excluding hydrogens is 410 g/mol. The van der Waals surface area contributed by atoms with Gasteiger partial charge in [0.15, 0.2) is 5.16 Å². The maximum absolute atomic E-state index is 12.8. The van der Waals surface area contributed by atoms with Crippen LogP contribution in [0.15, 0.2) is 41.6 Å². The van der Waals surface area contributed by atoms with Crippen molar-refractivity contribution in [2.45, 2.75) is 62.8 Å². The summed E-state index contributed by atoms with van der Waals surface area (Å²) in [5.74, 6) is -0.411. The number of benzene rings is 2. The summed E-state index contributed by atoms with van der Waals surface area (Å²) in [6.07, 6.45) is 2.46. The number of nitrogens with zero attached hydrogens (tertiary/aromatic N) is 3. The van der Waals surface area contributed by atoms with Crippen molar-refractivity contribution in [2.24, 2.45) is 5.92 Å². The molecule has 3 aromatic rings. The van der Waals surface area contributed by atoms with E-state index in [2.05, 4.69) is 40.5 Å². The van der Waals surface area contributed by atoms with Crippen LogP contribution in [-0.4, -0.2) is 36.4 Å². The van der Waals surface area contributed by atoms with Crippen LogP contribution >= 0.6 is 11.8 Å². The number of aromatic nitrogens is 3. The van der Waals surface area contributed by atoms with E-state index in [1.807, 2.05) is 31.4 Å². The van der Waals surface area contributed by atoms with Gasteiger partial charge in [-0.3, -0.25) is 14.2 Å². The Kier molecular flexibility index (Phi) is 5.64. The van der Waals surface area contributed by atoms with Crippen LogP contribution in [0.2, 0.25) is 0 Å². The van der Waals surface area contributed by atoms with Gasteiger partial charge in [-0.1, -0.05) is 49.0 Å². The molecule has 1 saturated carbocycles. The third-order valence-electron chi connectivity index (χ3n) is 5.92. The number of hydrogen-bond donors (Lipinski definition) is 1. The predicted molar refractivity (Wildman–Crippen MR) is 122 cm³/mol. The van der Waals surface area contributed by atoms with Crippen LogP contribution in [-0.2, 0) is 9.59 Å². The normalized spacial score (nSPS) is 15.2. The second-order valence-corrected chi connectivity index (χ2v) is 10.4. The molecular formula is C24H27N3O3S. The standard InChI is InChI=1S/C24H27N3O3S/c1-14(22(29)30)13-21(28)24(3,4)31-23-26-25-15(2)27(23)20-12-11-17(16-9-10-16)18-7-5-6-8-19(18)20/h5-8,11-12,14,16H,9-10,13H2,1-4H3,(H,29,30). The first-order valence-electron chi connectivity index (χ1n) is 10.6. The number of hydrogen-bond acceptors (Lipinski definition) is 5. The summed E-state index contributed by atoms with van der Waals surface area (Å²) in [4.78, 5) is 24.0. The Hall–Kier alpha value is -2.67. The van der Waals surface area contributed by atoms with Gasteiger partial charge in [0.1, 0.15) is 11.6 Å². The van der Waals surface area contributed by atoms with E-state index in [9.17, 15) is 9.59 Å². The molecule has 1 aliphatic rings. The highest BCUT2D eigenvalue weighted by molar-refractivity contribution is 8.01. The number of carbonyl (C=O) groups excluding carboxylic acids is 1. The van der Waals surface area contributed by atoms with Gasteiger partial charge in [-0.25, -0.2) is 0 Å². The average Bonchev–Trinajstić information content (AvgIpc) is 3.51. The van der Waals surface area contributed by atoms with Gasteiger partial charge in [-0.15, -0.1) is 10.2 Å². The molecule has 1 atom stereocenters. The SMILES string of the molecule is Cc1nnc(SC(C)(C)C(=O)CC(C)C(=O)O)n1-c1ccc(C2CC2)c2ccccc12.